The van der Waals surface area contributed by atoms with Gasteiger partial charge in [-0.25, -0.2) is 9.78 Å². The van der Waals surface area contributed by atoms with Gasteiger partial charge in [0.25, 0.3) is 0 Å². The molecule has 1 N–H and O–H groups in total. The highest BCUT2D eigenvalue weighted by atomic mass is 35.5. The normalized spacial score (nSPS) is 10.5. The summed E-state index contributed by atoms with van der Waals surface area (Å²) in [4.78, 5) is 27.5. The third kappa shape index (κ3) is 4.93. The Morgan fingerprint density at radius 1 is 1.30 bits per heavy atom. The van der Waals surface area contributed by atoms with Gasteiger partial charge in [0.05, 0.1) is 12.2 Å². The van der Waals surface area contributed by atoms with Crippen molar-refractivity contribution in [2.24, 2.45) is 0 Å². The Bertz CT molecular complexity index is 744. The van der Waals surface area contributed by atoms with Crippen LogP contribution in [0.2, 0.25) is 5.02 Å². The van der Waals surface area contributed by atoms with Crippen LogP contribution in [0.1, 0.15) is 22.8 Å². The van der Waals surface area contributed by atoms with Crippen molar-refractivity contribution in [2.45, 2.75) is 6.92 Å². The minimum atomic E-state index is -0.461. The van der Waals surface area contributed by atoms with Crippen LogP contribution in [0.3, 0.4) is 0 Å². The van der Waals surface area contributed by atoms with Crippen LogP contribution in [0.5, 0.6) is 0 Å². The van der Waals surface area contributed by atoms with E-state index in [9.17, 15) is 9.59 Å². The molecule has 1 heterocycles. The smallest absolute Gasteiger partial charge is 0.338 e. The molecule has 0 fully saturated rings. The average Bonchev–Trinajstić information content (AvgIpc) is 2.54. The summed E-state index contributed by atoms with van der Waals surface area (Å²) in [6, 6.07) is 10.2. The number of nitrogens with zero attached hydrogens (tertiary/aromatic N) is 1. The second kappa shape index (κ2) is 8.10. The lowest BCUT2D eigenvalue weighted by atomic mass is 10.2. The van der Waals surface area contributed by atoms with Crippen LogP contribution >= 0.6 is 11.6 Å². The van der Waals surface area contributed by atoms with Crippen molar-refractivity contribution in [1.29, 1.82) is 0 Å². The number of hydrogen-bond acceptors (Lipinski definition) is 4. The molecule has 0 aliphatic rings. The lowest BCUT2D eigenvalue weighted by Gasteiger charge is -2.04. The highest BCUT2D eigenvalue weighted by molar-refractivity contribution is 6.32. The quantitative estimate of drug-likeness (QED) is 0.672. The molecule has 0 spiro atoms. The number of anilines is 1. The Hall–Kier alpha value is -2.66. The molecule has 0 bridgehead atoms. The molecule has 0 aliphatic carbocycles. The molecule has 2 aromatic rings. The van der Waals surface area contributed by atoms with E-state index in [1.54, 1.807) is 25.1 Å². The lowest BCUT2D eigenvalue weighted by molar-refractivity contribution is -0.111. The van der Waals surface area contributed by atoms with Crippen molar-refractivity contribution >= 4 is 35.4 Å². The van der Waals surface area contributed by atoms with Gasteiger partial charge in [0.15, 0.2) is 0 Å². The first-order valence-corrected chi connectivity index (χ1v) is 7.34. The van der Waals surface area contributed by atoms with Crippen LogP contribution in [0.4, 0.5) is 5.82 Å². The van der Waals surface area contributed by atoms with E-state index < -0.39 is 5.97 Å². The zero-order valence-electron chi connectivity index (χ0n) is 12.5. The van der Waals surface area contributed by atoms with Crippen LogP contribution in [0.15, 0.2) is 48.7 Å². The van der Waals surface area contributed by atoms with Gasteiger partial charge in [0, 0.05) is 17.3 Å². The Balaban J connectivity index is 2.04. The molecule has 6 heteroatoms. The molecule has 0 saturated carbocycles. The molecule has 2 rings (SSSR count). The second-order valence-electron chi connectivity index (χ2n) is 4.49. The fourth-order valence-electron chi connectivity index (χ4n) is 1.78. The minimum absolute atomic E-state index is 0.268. The number of hydrogen-bond donors (Lipinski definition) is 1. The molecule has 0 atom stereocenters. The molecule has 1 amide bonds. The van der Waals surface area contributed by atoms with Gasteiger partial charge >= 0.3 is 5.97 Å². The summed E-state index contributed by atoms with van der Waals surface area (Å²) >= 11 is 6.01. The fourth-order valence-corrected chi connectivity index (χ4v) is 1.98. The summed E-state index contributed by atoms with van der Waals surface area (Å²) < 4.78 is 4.90. The average molecular weight is 331 g/mol. The van der Waals surface area contributed by atoms with Gasteiger partial charge in [-0.05, 0) is 36.8 Å². The van der Waals surface area contributed by atoms with Gasteiger partial charge in [-0.15, -0.1) is 0 Å². The first kappa shape index (κ1) is 16.7. The Kier molecular flexibility index (Phi) is 5.88. The van der Waals surface area contributed by atoms with Crippen molar-refractivity contribution in [1.82, 2.24) is 4.98 Å². The van der Waals surface area contributed by atoms with Gasteiger partial charge in [-0.1, -0.05) is 29.8 Å². The molecule has 23 heavy (non-hydrogen) atoms. The zero-order chi connectivity index (χ0) is 16.7. The predicted octanol–water partition coefficient (Wildman–Crippen LogP) is 3.56. The minimum Gasteiger partial charge on any atom is -0.462 e. The number of ether oxygens (including phenoxy) is 1. The number of carbonyl (C=O) groups is 2. The molecule has 1 aromatic heterocycles. The van der Waals surface area contributed by atoms with Crippen LogP contribution in [0.25, 0.3) is 6.08 Å². The van der Waals surface area contributed by atoms with Gasteiger partial charge in [0.1, 0.15) is 5.82 Å². The van der Waals surface area contributed by atoms with E-state index in [2.05, 4.69) is 10.3 Å². The summed E-state index contributed by atoms with van der Waals surface area (Å²) in [5.41, 5.74) is 1.06. The number of benzene rings is 1. The predicted molar refractivity (Wildman–Crippen MR) is 89.3 cm³/mol. The van der Waals surface area contributed by atoms with Crippen LogP contribution < -0.4 is 5.32 Å². The molecule has 5 nitrogen and oxygen atoms in total. The fraction of sp³-hybridized carbons (Fsp3) is 0.118. The molecule has 0 saturated heterocycles. The molecular weight excluding hydrogens is 316 g/mol. The monoisotopic (exact) mass is 330 g/mol. The summed E-state index contributed by atoms with van der Waals surface area (Å²) in [6.07, 6.45) is 4.38. The maximum absolute atomic E-state index is 11.9. The Labute approximate surface area is 138 Å². The van der Waals surface area contributed by atoms with Crippen molar-refractivity contribution < 1.29 is 14.3 Å². The topological polar surface area (TPSA) is 68.3 Å². The number of halogens is 1. The van der Waals surface area contributed by atoms with Gasteiger partial charge in [-0.2, -0.15) is 0 Å². The number of amides is 1. The van der Waals surface area contributed by atoms with Crippen molar-refractivity contribution in [3.63, 3.8) is 0 Å². The second-order valence-corrected chi connectivity index (χ2v) is 4.90. The van der Waals surface area contributed by atoms with Crippen molar-refractivity contribution in [2.75, 3.05) is 11.9 Å². The van der Waals surface area contributed by atoms with E-state index in [0.717, 1.165) is 5.56 Å². The van der Waals surface area contributed by atoms with E-state index in [1.807, 2.05) is 12.1 Å². The Morgan fingerprint density at radius 2 is 2.09 bits per heavy atom. The number of pyridine rings is 1. The lowest BCUT2D eigenvalue weighted by Crippen LogP contribution is -2.11. The molecule has 1 aromatic carbocycles. The first-order valence-electron chi connectivity index (χ1n) is 6.97. The largest absolute Gasteiger partial charge is 0.462 e. The van der Waals surface area contributed by atoms with Gasteiger partial charge in [0.2, 0.25) is 5.91 Å². The van der Waals surface area contributed by atoms with Gasteiger partial charge in [-0.3, -0.25) is 4.79 Å². The first-order chi connectivity index (χ1) is 11.1. The number of aromatic nitrogens is 1. The third-order valence-electron chi connectivity index (χ3n) is 2.84. The number of nitrogens with one attached hydrogen (secondary N) is 1. The van der Waals surface area contributed by atoms with E-state index in [1.165, 1.54) is 24.4 Å². The molecule has 118 valence electrons. The SMILES string of the molecule is CCOC(=O)c1ccnc(NC(=O)/C=C/c2ccccc2Cl)c1. The van der Waals surface area contributed by atoms with E-state index in [-0.39, 0.29) is 18.3 Å². The summed E-state index contributed by atoms with van der Waals surface area (Å²) in [7, 11) is 0. The van der Waals surface area contributed by atoms with Crippen LogP contribution in [0, 0.1) is 0 Å². The maximum Gasteiger partial charge on any atom is 0.338 e. The summed E-state index contributed by atoms with van der Waals surface area (Å²) in [6.45, 7) is 2.00. The number of carbonyl (C=O) groups excluding carboxylic acids is 2. The molecule has 0 unspecified atom stereocenters. The summed E-state index contributed by atoms with van der Waals surface area (Å²) in [5, 5.41) is 3.14. The van der Waals surface area contributed by atoms with E-state index >= 15 is 0 Å². The Morgan fingerprint density at radius 3 is 2.83 bits per heavy atom. The highest BCUT2D eigenvalue weighted by Crippen LogP contribution is 2.16. The van der Waals surface area contributed by atoms with Crippen LogP contribution in [-0.4, -0.2) is 23.5 Å². The van der Waals surface area contributed by atoms with E-state index in [0.29, 0.717) is 10.6 Å². The van der Waals surface area contributed by atoms with E-state index in [4.69, 9.17) is 16.3 Å². The number of esters is 1. The van der Waals surface area contributed by atoms with Crippen molar-refractivity contribution in [3.8, 4) is 0 Å². The molecule has 0 radical (unpaired) electrons. The molecule has 0 aliphatic heterocycles. The number of rotatable bonds is 5. The maximum atomic E-state index is 11.9. The zero-order valence-corrected chi connectivity index (χ0v) is 13.2. The van der Waals surface area contributed by atoms with Crippen LogP contribution in [-0.2, 0) is 9.53 Å². The third-order valence-corrected chi connectivity index (χ3v) is 3.19. The van der Waals surface area contributed by atoms with Crippen molar-refractivity contribution in [3.05, 3.63) is 64.8 Å². The highest BCUT2D eigenvalue weighted by Gasteiger charge is 2.08. The standard InChI is InChI=1S/C17H15ClN2O3/c1-2-23-17(22)13-9-10-19-15(11-13)20-16(21)8-7-12-5-3-4-6-14(12)18/h3-11H,2H2,1H3,(H,19,20,21)/b8-7+. The summed E-state index contributed by atoms with van der Waals surface area (Å²) in [5.74, 6) is -0.570. The van der Waals surface area contributed by atoms with Gasteiger partial charge < -0.3 is 10.1 Å². The molecular formula is C17H15ClN2O3.